The normalized spacial score (nSPS) is 11.3. The molecule has 3 aromatic heterocycles. The van der Waals surface area contributed by atoms with Crippen molar-refractivity contribution in [2.45, 2.75) is 0 Å². The molecule has 5 aromatic carbocycles. The first-order valence-corrected chi connectivity index (χ1v) is 14.0. The van der Waals surface area contributed by atoms with Crippen LogP contribution in [0.1, 0.15) is 0 Å². The van der Waals surface area contributed by atoms with Gasteiger partial charge >= 0.3 is 0 Å². The highest BCUT2D eigenvalue weighted by atomic mass is 14.9. The number of rotatable bonds is 4. The van der Waals surface area contributed by atoms with Gasteiger partial charge in [0.15, 0.2) is 5.82 Å². The predicted molar refractivity (Wildman–Crippen MR) is 172 cm³/mol. The second kappa shape index (κ2) is 10.0. The van der Waals surface area contributed by atoms with Crippen molar-refractivity contribution < 1.29 is 0 Å². The molecule has 0 unspecified atom stereocenters. The molecule has 0 saturated carbocycles. The van der Waals surface area contributed by atoms with E-state index in [2.05, 4.69) is 114 Å². The summed E-state index contributed by atoms with van der Waals surface area (Å²) >= 11 is 0. The summed E-state index contributed by atoms with van der Waals surface area (Å²) in [5.74, 6) is 0.686. The number of pyridine rings is 2. The fourth-order valence-electron chi connectivity index (χ4n) is 5.58. The zero-order valence-electron chi connectivity index (χ0n) is 22.6. The third-order valence-electron chi connectivity index (χ3n) is 7.72. The molecule has 4 nitrogen and oxygen atoms in total. The van der Waals surface area contributed by atoms with Crippen LogP contribution in [-0.2, 0) is 0 Å². The van der Waals surface area contributed by atoms with Crippen molar-refractivity contribution in [3.63, 3.8) is 0 Å². The van der Waals surface area contributed by atoms with Crippen molar-refractivity contribution in [1.82, 2.24) is 19.9 Å². The van der Waals surface area contributed by atoms with Gasteiger partial charge in [0, 0.05) is 39.0 Å². The van der Waals surface area contributed by atoms with E-state index in [1.54, 1.807) is 0 Å². The summed E-state index contributed by atoms with van der Waals surface area (Å²) in [6, 6.07) is 48.0. The lowest BCUT2D eigenvalue weighted by molar-refractivity contribution is 1.23. The lowest BCUT2D eigenvalue weighted by Gasteiger charge is -2.11. The Balaban J connectivity index is 1.23. The van der Waals surface area contributed by atoms with Gasteiger partial charge in [-0.2, -0.15) is 0 Å². The quantitative estimate of drug-likeness (QED) is 0.210. The first kappa shape index (κ1) is 24.1. The monoisotopic (exact) mass is 536 g/mol. The Hall–Kier alpha value is -5.74. The fraction of sp³-hybridized carbons (Fsp3) is 0. The van der Waals surface area contributed by atoms with Crippen molar-refractivity contribution in [3.05, 3.63) is 146 Å². The van der Waals surface area contributed by atoms with Gasteiger partial charge in [-0.25, -0.2) is 15.0 Å². The Kier molecular flexibility index (Phi) is 5.75. The molecule has 0 aliphatic rings. The molecule has 0 atom stereocenters. The van der Waals surface area contributed by atoms with E-state index in [0.717, 1.165) is 60.8 Å². The average Bonchev–Trinajstić information content (AvgIpc) is 3.08. The van der Waals surface area contributed by atoms with E-state index in [-0.39, 0.29) is 0 Å². The van der Waals surface area contributed by atoms with E-state index in [1.807, 2.05) is 36.5 Å². The lowest BCUT2D eigenvalue weighted by atomic mass is 10.0. The minimum atomic E-state index is 0.686. The van der Waals surface area contributed by atoms with Gasteiger partial charge in [0.1, 0.15) is 0 Å². The van der Waals surface area contributed by atoms with Gasteiger partial charge in [0.05, 0.1) is 27.9 Å². The zero-order chi connectivity index (χ0) is 27.9. The molecule has 0 saturated heterocycles. The van der Waals surface area contributed by atoms with Crippen LogP contribution in [0.5, 0.6) is 0 Å². The Bertz CT molecular complexity index is 2240. The number of nitrogens with zero attached hydrogens (tertiary/aromatic N) is 4. The molecule has 0 aliphatic carbocycles. The summed E-state index contributed by atoms with van der Waals surface area (Å²) < 4.78 is 0. The third kappa shape index (κ3) is 4.27. The topological polar surface area (TPSA) is 51.6 Å². The van der Waals surface area contributed by atoms with Crippen LogP contribution in [0.4, 0.5) is 0 Å². The second-order valence-corrected chi connectivity index (χ2v) is 10.3. The summed E-state index contributed by atoms with van der Waals surface area (Å²) in [5, 5.41) is 3.18. The number of fused-ring (bicyclic) bond motifs is 4. The van der Waals surface area contributed by atoms with Gasteiger partial charge < -0.3 is 0 Å². The number of hydrogen-bond donors (Lipinski definition) is 0. The van der Waals surface area contributed by atoms with Crippen LogP contribution >= 0.6 is 0 Å². The van der Waals surface area contributed by atoms with E-state index >= 15 is 0 Å². The molecule has 8 aromatic rings. The van der Waals surface area contributed by atoms with E-state index in [1.165, 1.54) is 11.1 Å². The number of hydrogen-bond acceptors (Lipinski definition) is 4. The van der Waals surface area contributed by atoms with Crippen LogP contribution in [0.3, 0.4) is 0 Å². The van der Waals surface area contributed by atoms with E-state index < -0.39 is 0 Å². The van der Waals surface area contributed by atoms with E-state index in [0.29, 0.717) is 5.82 Å². The zero-order valence-corrected chi connectivity index (χ0v) is 22.6. The Morgan fingerprint density at radius 2 is 1.10 bits per heavy atom. The van der Waals surface area contributed by atoms with Gasteiger partial charge in [-0.05, 0) is 35.4 Å². The molecular weight excluding hydrogens is 512 g/mol. The van der Waals surface area contributed by atoms with E-state index in [4.69, 9.17) is 15.0 Å². The smallest absolute Gasteiger partial charge is 0.160 e. The molecule has 42 heavy (non-hydrogen) atoms. The van der Waals surface area contributed by atoms with Crippen LogP contribution in [0, 0.1) is 0 Å². The van der Waals surface area contributed by atoms with Crippen molar-refractivity contribution in [2.24, 2.45) is 0 Å². The minimum absolute atomic E-state index is 0.686. The second-order valence-electron chi connectivity index (χ2n) is 10.3. The first-order chi connectivity index (χ1) is 20.8. The van der Waals surface area contributed by atoms with E-state index in [9.17, 15) is 0 Å². The number of para-hydroxylation sites is 1. The molecule has 0 radical (unpaired) electrons. The van der Waals surface area contributed by atoms with Crippen LogP contribution in [-0.4, -0.2) is 19.9 Å². The molecule has 0 fully saturated rings. The highest BCUT2D eigenvalue weighted by Crippen LogP contribution is 2.32. The average molecular weight is 537 g/mol. The van der Waals surface area contributed by atoms with Crippen molar-refractivity contribution >= 4 is 32.7 Å². The molecule has 0 amide bonds. The van der Waals surface area contributed by atoms with Crippen LogP contribution < -0.4 is 0 Å². The predicted octanol–water partition coefficient (Wildman–Crippen LogP) is 9.39. The van der Waals surface area contributed by atoms with Crippen molar-refractivity contribution in [3.8, 4) is 45.0 Å². The van der Waals surface area contributed by atoms with Gasteiger partial charge in [-0.15, -0.1) is 0 Å². The molecule has 4 heteroatoms. The molecule has 3 heterocycles. The summed E-state index contributed by atoms with van der Waals surface area (Å²) in [6.07, 6.45) is 1.82. The van der Waals surface area contributed by atoms with Gasteiger partial charge in [-0.3, -0.25) is 4.98 Å². The van der Waals surface area contributed by atoms with Crippen LogP contribution in [0.25, 0.3) is 77.7 Å². The maximum Gasteiger partial charge on any atom is 0.160 e. The maximum absolute atomic E-state index is 5.13. The van der Waals surface area contributed by atoms with Crippen LogP contribution in [0.2, 0.25) is 0 Å². The van der Waals surface area contributed by atoms with Crippen molar-refractivity contribution in [1.29, 1.82) is 0 Å². The molecule has 196 valence electrons. The first-order valence-electron chi connectivity index (χ1n) is 14.0. The number of aromatic nitrogens is 4. The fourth-order valence-corrected chi connectivity index (χ4v) is 5.58. The van der Waals surface area contributed by atoms with Gasteiger partial charge in [0.2, 0.25) is 0 Å². The maximum atomic E-state index is 5.13. The summed E-state index contributed by atoms with van der Waals surface area (Å²) in [7, 11) is 0. The minimum Gasteiger partial charge on any atom is -0.254 e. The summed E-state index contributed by atoms with van der Waals surface area (Å²) in [5.41, 5.74) is 9.91. The summed E-state index contributed by atoms with van der Waals surface area (Å²) in [6.45, 7) is 0. The Labute approximate surface area is 243 Å². The Morgan fingerprint density at radius 1 is 0.405 bits per heavy atom. The van der Waals surface area contributed by atoms with Crippen LogP contribution in [0.15, 0.2) is 146 Å². The molecule has 0 aliphatic heterocycles. The van der Waals surface area contributed by atoms with Gasteiger partial charge in [-0.1, -0.05) is 115 Å². The largest absolute Gasteiger partial charge is 0.254 e. The highest BCUT2D eigenvalue weighted by Gasteiger charge is 2.13. The third-order valence-corrected chi connectivity index (χ3v) is 7.72. The van der Waals surface area contributed by atoms with Crippen molar-refractivity contribution in [2.75, 3.05) is 0 Å². The summed E-state index contributed by atoms with van der Waals surface area (Å²) in [4.78, 5) is 19.8. The Morgan fingerprint density at radius 3 is 1.98 bits per heavy atom. The molecule has 0 N–H and O–H groups in total. The molecule has 0 spiro atoms. The standard InChI is InChI=1S/C38H24N4/c1-2-8-25(9-3-1)26-15-17-28(18-16-26)35-32-13-4-5-14-34(32)41-38(42-35)31-11-6-10-30(24-31)33-22-21-29-20-19-27-12-7-23-39-36(27)37(29)40-33/h1-24H. The highest BCUT2D eigenvalue weighted by molar-refractivity contribution is 6.03. The SMILES string of the molecule is c1ccc(-c2ccc(-c3nc(-c4cccc(-c5ccc6ccc7cccnc7c6n5)c4)nc4ccccc34)cc2)cc1. The molecular formula is C38H24N4. The molecule has 0 bridgehead atoms. The lowest BCUT2D eigenvalue weighted by Crippen LogP contribution is -1.96. The number of benzene rings is 5. The van der Waals surface area contributed by atoms with Gasteiger partial charge in [0.25, 0.3) is 0 Å². The molecule has 8 rings (SSSR count).